The van der Waals surface area contributed by atoms with Crippen molar-refractivity contribution < 1.29 is 23.0 Å². The molecular formula is C48H46Br2F2O3. The molecule has 3 nitrogen and oxygen atoms in total. The summed E-state index contributed by atoms with van der Waals surface area (Å²) in [5, 5.41) is 0. The fourth-order valence-corrected chi connectivity index (χ4v) is 7.63. The van der Waals surface area contributed by atoms with Gasteiger partial charge in [0, 0.05) is 10.8 Å². The standard InChI is InChI=1S/C48H46Br2F2O3/c1-5-47(3,35-23-25-41(49)43(51)31-35)45(29-33-15-13-21-39(27-33)53-37-17-9-7-10-18-37)55-46(48(4,6-2)36-24-26-42(50)44(52)32-36)30-34-16-14-22-40(28-34)54-38-19-11-8-12-20-38/h7-28,31-32,45-46H,5-6,29-30H2,1-4H3. The Morgan fingerprint density at radius 3 is 1.24 bits per heavy atom. The summed E-state index contributed by atoms with van der Waals surface area (Å²) in [5.41, 5.74) is 2.44. The Balaban J connectivity index is 1.44. The van der Waals surface area contributed by atoms with Gasteiger partial charge >= 0.3 is 0 Å². The number of rotatable bonds is 16. The zero-order valence-corrected chi connectivity index (χ0v) is 34.7. The maximum Gasteiger partial charge on any atom is 0.137 e. The first-order chi connectivity index (χ1) is 26.5. The molecule has 284 valence electrons. The summed E-state index contributed by atoms with van der Waals surface area (Å²) in [4.78, 5) is 0. The highest BCUT2D eigenvalue weighted by Gasteiger charge is 2.43. The van der Waals surface area contributed by atoms with Gasteiger partial charge in [-0.3, -0.25) is 0 Å². The molecule has 0 aliphatic carbocycles. The first-order valence-corrected chi connectivity index (χ1v) is 20.3. The molecule has 6 aromatic rings. The number of hydrogen-bond acceptors (Lipinski definition) is 3. The van der Waals surface area contributed by atoms with Crippen molar-refractivity contribution in [2.24, 2.45) is 0 Å². The highest BCUT2D eigenvalue weighted by Crippen LogP contribution is 2.43. The van der Waals surface area contributed by atoms with E-state index in [1.165, 1.54) is 0 Å². The minimum atomic E-state index is -0.631. The van der Waals surface area contributed by atoms with Crippen molar-refractivity contribution in [3.8, 4) is 23.0 Å². The largest absolute Gasteiger partial charge is 0.457 e. The Kier molecular flexibility index (Phi) is 13.3. The molecule has 0 saturated heterocycles. The van der Waals surface area contributed by atoms with E-state index in [0.717, 1.165) is 33.8 Å². The van der Waals surface area contributed by atoms with Crippen LogP contribution >= 0.6 is 31.9 Å². The van der Waals surface area contributed by atoms with Crippen LogP contribution in [0.25, 0.3) is 0 Å². The normalized spacial score (nSPS) is 14.7. The molecule has 7 heteroatoms. The van der Waals surface area contributed by atoms with E-state index in [2.05, 4.69) is 71.7 Å². The van der Waals surface area contributed by atoms with E-state index in [-0.39, 0.29) is 11.6 Å². The molecule has 0 N–H and O–H groups in total. The SMILES string of the molecule is CCC(C)(c1ccc(Br)c(F)c1)C(Cc1cccc(Oc2ccccc2)c1)OC(Cc1cccc(Oc2ccccc2)c1)C(C)(CC)c1ccc(Br)c(F)c1. The van der Waals surface area contributed by atoms with Crippen LogP contribution in [-0.4, -0.2) is 12.2 Å². The lowest BCUT2D eigenvalue weighted by molar-refractivity contribution is -0.0840. The molecule has 4 atom stereocenters. The monoisotopic (exact) mass is 866 g/mol. The van der Waals surface area contributed by atoms with Crippen molar-refractivity contribution in [1.82, 2.24) is 0 Å². The van der Waals surface area contributed by atoms with Gasteiger partial charge in [0.1, 0.15) is 34.6 Å². The van der Waals surface area contributed by atoms with Crippen LogP contribution in [0.1, 0.15) is 62.8 Å². The summed E-state index contributed by atoms with van der Waals surface area (Å²) in [7, 11) is 0. The predicted molar refractivity (Wildman–Crippen MR) is 225 cm³/mol. The summed E-state index contributed by atoms with van der Waals surface area (Å²) < 4.78 is 51.5. The Morgan fingerprint density at radius 2 is 0.873 bits per heavy atom. The molecule has 4 unspecified atom stereocenters. The molecule has 0 bridgehead atoms. The minimum absolute atomic E-state index is 0.329. The summed E-state index contributed by atoms with van der Waals surface area (Å²) in [6.45, 7) is 8.54. The highest BCUT2D eigenvalue weighted by molar-refractivity contribution is 9.10. The van der Waals surface area contributed by atoms with Gasteiger partial charge in [-0.2, -0.15) is 0 Å². The van der Waals surface area contributed by atoms with E-state index in [9.17, 15) is 0 Å². The van der Waals surface area contributed by atoms with Crippen LogP contribution in [0.4, 0.5) is 8.78 Å². The van der Waals surface area contributed by atoms with Gasteiger partial charge in [-0.05, 0) is 153 Å². The molecule has 6 aromatic carbocycles. The molecule has 0 spiro atoms. The molecule has 55 heavy (non-hydrogen) atoms. The fourth-order valence-electron chi connectivity index (χ4n) is 7.13. The molecule has 0 radical (unpaired) electrons. The summed E-state index contributed by atoms with van der Waals surface area (Å²) in [6.07, 6.45) is 1.48. The zero-order chi connectivity index (χ0) is 39.0. The molecule has 6 rings (SSSR count). The zero-order valence-electron chi connectivity index (χ0n) is 31.6. The van der Waals surface area contributed by atoms with Crippen LogP contribution in [0, 0.1) is 11.6 Å². The quantitative estimate of drug-likeness (QED) is 0.0970. The van der Waals surface area contributed by atoms with Gasteiger partial charge in [0.15, 0.2) is 0 Å². The molecule has 0 heterocycles. The van der Waals surface area contributed by atoms with Gasteiger partial charge in [-0.15, -0.1) is 0 Å². The number of hydrogen-bond donors (Lipinski definition) is 0. The van der Waals surface area contributed by atoms with E-state index in [1.807, 2.05) is 109 Å². The van der Waals surface area contributed by atoms with E-state index in [0.29, 0.717) is 46.1 Å². The molecule has 0 aliphatic heterocycles. The second-order valence-corrected chi connectivity index (χ2v) is 16.2. The molecule has 0 amide bonds. The molecule has 0 aliphatic rings. The number of para-hydroxylation sites is 2. The van der Waals surface area contributed by atoms with Gasteiger partial charge in [0.05, 0.1) is 21.2 Å². The lowest BCUT2D eigenvalue weighted by Crippen LogP contribution is -2.48. The van der Waals surface area contributed by atoms with E-state index in [1.54, 1.807) is 24.3 Å². The van der Waals surface area contributed by atoms with Crippen molar-refractivity contribution in [3.63, 3.8) is 0 Å². The number of halogens is 4. The van der Waals surface area contributed by atoms with Gasteiger partial charge in [0.2, 0.25) is 0 Å². The van der Waals surface area contributed by atoms with Gasteiger partial charge < -0.3 is 14.2 Å². The Morgan fingerprint density at radius 1 is 0.491 bits per heavy atom. The third-order valence-electron chi connectivity index (χ3n) is 11.0. The molecular weight excluding hydrogens is 822 g/mol. The van der Waals surface area contributed by atoms with E-state index < -0.39 is 23.0 Å². The third kappa shape index (κ3) is 9.75. The van der Waals surface area contributed by atoms with Gasteiger partial charge in [-0.1, -0.05) is 100 Å². The van der Waals surface area contributed by atoms with Crippen LogP contribution < -0.4 is 9.47 Å². The van der Waals surface area contributed by atoms with Crippen LogP contribution in [0.2, 0.25) is 0 Å². The predicted octanol–water partition coefficient (Wildman–Crippen LogP) is 14.3. The van der Waals surface area contributed by atoms with Crippen LogP contribution in [0.5, 0.6) is 23.0 Å². The minimum Gasteiger partial charge on any atom is -0.457 e. The lowest BCUT2D eigenvalue weighted by Gasteiger charge is -2.45. The first-order valence-electron chi connectivity index (χ1n) is 18.7. The van der Waals surface area contributed by atoms with Gasteiger partial charge in [-0.25, -0.2) is 8.78 Å². The number of benzene rings is 6. The molecule has 0 fully saturated rings. The average molecular weight is 869 g/mol. The lowest BCUT2D eigenvalue weighted by atomic mass is 9.71. The van der Waals surface area contributed by atoms with Crippen molar-refractivity contribution >= 4 is 31.9 Å². The van der Waals surface area contributed by atoms with Crippen LogP contribution in [-0.2, 0) is 28.4 Å². The second kappa shape index (κ2) is 18.1. The van der Waals surface area contributed by atoms with Gasteiger partial charge in [0.25, 0.3) is 0 Å². The second-order valence-electron chi connectivity index (χ2n) is 14.4. The van der Waals surface area contributed by atoms with E-state index >= 15 is 8.78 Å². The van der Waals surface area contributed by atoms with Crippen molar-refractivity contribution in [2.75, 3.05) is 0 Å². The smallest absolute Gasteiger partial charge is 0.137 e. The summed E-state index contributed by atoms with van der Waals surface area (Å²) >= 11 is 6.71. The molecule has 0 saturated carbocycles. The Labute approximate surface area is 341 Å². The van der Waals surface area contributed by atoms with Crippen molar-refractivity contribution in [2.45, 2.75) is 76.4 Å². The highest BCUT2D eigenvalue weighted by atomic mass is 79.9. The van der Waals surface area contributed by atoms with Crippen LogP contribution in [0.3, 0.4) is 0 Å². The maximum atomic E-state index is 15.3. The van der Waals surface area contributed by atoms with Crippen LogP contribution in [0.15, 0.2) is 155 Å². The summed E-state index contributed by atoms with van der Waals surface area (Å²) in [5.74, 6) is 2.26. The average Bonchev–Trinajstić information content (AvgIpc) is 3.20. The van der Waals surface area contributed by atoms with Crippen molar-refractivity contribution in [1.29, 1.82) is 0 Å². The molecule has 0 aromatic heterocycles. The Bertz CT molecular complexity index is 2030. The topological polar surface area (TPSA) is 27.7 Å². The fraction of sp³-hybridized carbons (Fsp3) is 0.250. The first kappa shape index (κ1) is 40.4. The van der Waals surface area contributed by atoms with E-state index in [4.69, 9.17) is 14.2 Å². The Hall–Kier alpha value is -4.30. The summed E-state index contributed by atoms with van der Waals surface area (Å²) in [6, 6.07) is 46.2. The third-order valence-corrected chi connectivity index (χ3v) is 12.3. The van der Waals surface area contributed by atoms with Crippen molar-refractivity contribution in [3.05, 3.63) is 188 Å². The number of ether oxygens (including phenoxy) is 3. The maximum absolute atomic E-state index is 15.3.